The van der Waals surface area contributed by atoms with Gasteiger partial charge in [0.25, 0.3) is 0 Å². The van der Waals surface area contributed by atoms with E-state index in [0.717, 1.165) is 43.2 Å². The Morgan fingerprint density at radius 2 is 1.77 bits per heavy atom. The summed E-state index contributed by atoms with van der Waals surface area (Å²) in [5.74, 6) is 3.58. The number of hydrogen-bond donors (Lipinski definition) is 2. The monoisotopic (exact) mass is 553 g/mol. The molecule has 7 unspecified atom stereocenters. The molecule has 1 heterocycles. The lowest BCUT2D eigenvalue weighted by molar-refractivity contribution is -0.117. The zero-order valence-corrected chi connectivity index (χ0v) is 25.8. The number of piperidine rings is 1. The number of fused-ring (bicyclic) bond motifs is 5. The fourth-order valence-corrected chi connectivity index (χ4v) is 9.62. The molecule has 40 heavy (non-hydrogen) atoms. The van der Waals surface area contributed by atoms with Crippen molar-refractivity contribution in [3.8, 4) is 0 Å². The third-order valence-corrected chi connectivity index (χ3v) is 12.2. The fourth-order valence-electron chi connectivity index (χ4n) is 9.62. The minimum absolute atomic E-state index is 0. The Balaban J connectivity index is 0.000000430. The van der Waals surface area contributed by atoms with Crippen LogP contribution in [0.15, 0.2) is 29.8 Å². The molecule has 4 heteroatoms. The normalized spacial score (nSPS) is 38.9. The molecule has 4 saturated carbocycles. The van der Waals surface area contributed by atoms with Gasteiger partial charge in [-0.1, -0.05) is 39.7 Å². The van der Waals surface area contributed by atoms with Crippen LogP contribution in [-0.2, 0) is 4.79 Å². The lowest BCUT2D eigenvalue weighted by Crippen LogP contribution is -2.51. The van der Waals surface area contributed by atoms with Crippen molar-refractivity contribution in [2.24, 2.45) is 39.5 Å². The minimum atomic E-state index is 0. The smallest absolute Gasteiger partial charge is 0.155 e. The first-order valence-electron chi connectivity index (χ1n) is 16.5. The van der Waals surface area contributed by atoms with Crippen LogP contribution in [-0.4, -0.2) is 43.7 Å². The Kier molecular flexibility index (Phi) is 12.3. The first kappa shape index (κ1) is 33.2. The van der Waals surface area contributed by atoms with Gasteiger partial charge in [-0.15, -0.1) is 13.2 Å². The van der Waals surface area contributed by atoms with Gasteiger partial charge in [0.05, 0.1) is 0 Å². The number of carbonyl (C=O) groups is 1. The summed E-state index contributed by atoms with van der Waals surface area (Å²) in [5.41, 5.74) is 3.69. The van der Waals surface area contributed by atoms with E-state index >= 15 is 0 Å². The maximum absolute atomic E-state index is 12.1. The molecule has 0 aromatic heterocycles. The zero-order chi connectivity index (χ0) is 28.0. The molecule has 4 nitrogen and oxygen atoms in total. The molecular formula is C36H63N3O. The molecule has 1 saturated heterocycles. The van der Waals surface area contributed by atoms with Gasteiger partial charge in [0.15, 0.2) is 5.78 Å². The van der Waals surface area contributed by atoms with E-state index in [4.69, 9.17) is 4.99 Å². The number of nitrogens with one attached hydrogen (secondary N) is 2. The van der Waals surface area contributed by atoms with Crippen LogP contribution < -0.4 is 10.6 Å². The second kappa shape index (κ2) is 14.8. The van der Waals surface area contributed by atoms with E-state index in [1.54, 1.807) is 0 Å². The van der Waals surface area contributed by atoms with Crippen LogP contribution in [0.2, 0.25) is 0 Å². The van der Waals surface area contributed by atoms with Crippen LogP contribution in [0.5, 0.6) is 0 Å². The summed E-state index contributed by atoms with van der Waals surface area (Å²) in [6, 6.07) is 1.56. The predicted molar refractivity (Wildman–Crippen MR) is 173 cm³/mol. The molecular weight excluding hydrogens is 490 g/mol. The molecule has 0 spiro atoms. The highest BCUT2D eigenvalue weighted by Crippen LogP contribution is 2.66. The Labute approximate surface area is 247 Å². The van der Waals surface area contributed by atoms with Crippen LogP contribution in [0.3, 0.4) is 0 Å². The third-order valence-electron chi connectivity index (χ3n) is 12.2. The number of nitrogens with zero attached hydrogens (tertiary/aromatic N) is 1. The van der Waals surface area contributed by atoms with Gasteiger partial charge in [-0.3, -0.25) is 9.79 Å². The number of carbonyl (C=O) groups excluding carboxylic acids is 1. The van der Waals surface area contributed by atoms with Gasteiger partial charge in [0.2, 0.25) is 0 Å². The average Bonchev–Trinajstić information content (AvgIpc) is 3.28. The van der Waals surface area contributed by atoms with Gasteiger partial charge in [-0.05, 0) is 132 Å². The van der Waals surface area contributed by atoms with Gasteiger partial charge >= 0.3 is 0 Å². The van der Waals surface area contributed by atoms with Crippen molar-refractivity contribution in [3.05, 3.63) is 24.8 Å². The summed E-state index contributed by atoms with van der Waals surface area (Å²) in [6.07, 6.45) is 21.4. The SMILES string of the molecule is C.C=C.CC(=NCCC1CCCCN1)C1CCC2C3CCC4=CC(=O)CCC4(C)C3CCC12C.CNC1CCC1. The second-order valence-electron chi connectivity index (χ2n) is 14.0. The molecule has 6 aliphatic rings. The van der Waals surface area contributed by atoms with E-state index in [1.807, 2.05) is 13.1 Å². The van der Waals surface area contributed by atoms with Crippen molar-refractivity contribution in [2.45, 2.75) is 137 Å². The molecule has 2 N–H and O–H groups in total. The van der Waals surface area contributed by atoms with E-state index in [-0.39, 0.29) is 7.43 Å². The second-order valence-corrected chi connectivity index (χ2v) is 14.0. The predicted octanol–water partition coefficient (Wildman–Crippen LogP) is 8.32. The minimum Gasteiger partial charge on any atom is -0.317 e. The van der Waals surface area contributed by atoms with Crippen molar-refractivity contribution < 1.29 is 4.79 Å². The van der Waals surface area contributed by atoms with E-state index in [1.165, 1.54) is 101 Å². The number of aliphatic imine (C=N–C) groups is 1. The number of hydrogen-bond acceptors (Lipinski definition) is 4. The van der Waals surface area contributed by atoms with Crippen LogP contribution in [0.4, 0.5) is 0 Å². The summed E-state index contributed by atoms with van der Waals surface area (Å²) < 4.78 is 0. The topological polar surface area (TPSA) is 53.5 Å². The van der Waals surface area contributed by atoms with Gasteiger partial charge in [0.1, 0.15) is 0 Å². The molecule has 0 amide bonds. The van der Waals surface area contributed by atoms with Gasteiger partial charge in [-0.2, -0.15) is 0 Å². The van der Waals surface area contributed by atoms with Crippen LogP contribution in [0.25, 0.3) is 0 Å². The van der Waals surface area contributed by atoms with E-state index in [9.17, 15) is 4.79 Å². The Morgan fingerprint density at radius 3 is 2.40 bits per heavy atom. The summed E-state index contributed by atoms with van der Waals surface area (Å²) >= 11 is 0. The molecule has 7 atom stereocenters. The summed E-state index contributed by atoms with van der Waals surface area (Å²) in [5, 5.41) is 6.88. The Bertz CT molecular complexity index is 882. The summed E-state index contributed by atoms with van der Waals surface area (Å²) in [4.78, 5) is 17.2. The van der Waals surface area contributed by atoms with Crippen molar-refractivity contribution >= 4 is 11.5 Å². The van der Waals surface area contributed by atoms with E-state index in [0.29, 0.717) is 28.6 Å². The van der Waals surface area contributed by atoms with Crippen LogP contribution in [0.1, 0.15) is 125 Å². The first-order valence-corrected chi connectivity index (χ1v) is 16.5. The molecule has 5 aliphatic carbocycles. The van der Waals surface area contributed by atoms with E-state index < -0.39 is 0 Å². The average molecular weight is 554 g/mol. The quantitative estimate of drug-likeness (QED) is 0.266. The third kappa shape index (κ3) is 6.86. The molecule has 0 bridgehead atoms. The molecule has 0 radical (unpaired) electrons. The van der Waals surface area contributed by atoms with Crippen LogP contribution in [0, 0.1) is 34.5 Å². The van der Waals surface area contributed by atoms with Crippen LogP contribution >= 0.6 is 0 Å². The summed E-state index contributed by atoms with van der Waals surface area (Å²) in [6.45, 7) is 15.7. The van der Waals surface area contributed by atoms with Gasteiger partial charge in [0, 0.05) is 36.7 Å². The maximum Gasteiger partial charge on any atom is 0.155 e. The lowest BCUT2D eigenvalue weighted by atomic mass is 9.46. The molecule has 0 aromatic carbocycles. The van der Waals surface area contributed by atoms with Crippen molar-refractivity contribution in [2.75, 3.05) is 20.1 Å². The highest BCUT2D eigenvalue weighted by Gasteiger charge is 2.59. The molecule has 1 aliphatic heterocycles. The number of rotatable bonds is 5. The molecule has 228 valence electrons. The largest absolute Gasteiger partial charge is 0.317 e. The van der Waals surface area contributed by atoms with Crippen molar-refractivity contribution in [1.29, 1.82) is 0 Å². The molecule has 5 fully saturated rings. The maximum atomic E-state index is 12.1. The van der Waals surface area contributed by atoms with Gasteiger partial charge in [-0.25, -0.2) is 0 Å². The van der Waals surface area contributed by atoms with Crippen molar-refractivity contribution in [1.82, 2.24) is 10.6 Å². The lowest BCUT2D eigenvalue weighted by Gasteiger charge is -2.58. The highest BCUT2D eigenvalue weighted by molar-refractivity contribution is 5.91. The van der Waals surface area contributed by atoms with Crippen molar-refractivity contribution in [3.63, 3.8) is 0 Å². The van der Waals surface area contributed by atoms with E-state index in [2.05, 4.69) is 44.6 Å². The fraction of sp³-hybridized carbons (Fsp3) is 0.833. The molecule has 6 rings (SSSR count). The number of allylic oxidation sites excluding steroid dienone is 1. The molecule has 0 aromatic rings. The van der Waals surface area contributed by atoms with Gasteiger partial charge < -0.3 is 10.6 Å². The number of ketones is 1. The first-order chi connectivity index (χ1) is 18.8. The summed E-state index contributed by atoms with van der Waals surface area (Å²) in [7, 11) is 2.03. The zero-order valence-electron chi connectivity index (χ0n) is 25.8. The standard InChI is InChI=1S/C28H44N2O.C5H11N.C2H4.CH4/c1-19(29-17-13-21-6-4-5-16-30-21)24-9-10-25-23-8-7-20-18-22(31)11-14-27(20,2)26(23)12-15-28(24,25)3;1-6-5-3-2-4-5;1-2;/h18,21,23-26,30H,4-17H2,1-3H3;5-6H,2-4H2,1H3;1-2H2;1H4. The highest BCUT2D eigenvalue weighted by atomic mass is 16.1. The Morgan fingerprint density at radius 1 is 1.00 bits per heavy atom. The Hall–Kier alpha value is -1.26.